The predicted octanol–water partition coefficient (Wildman–Crippen LogP) is 4.91. The van der Waals surface area contributed by atoms with Gasteiger partial charge in [-0.05, 0) is 42.7 Å². The number of carbonyl (C=O) groups is 2. The summed E-state index contributed by atoms with van der Waals surface area (Å²) < 4.78 is 7.31. The zero-order valence-electron chi connectivity index (χ0n) is 16.7. The number of thioether (sulfide) groups is 1. The molecule has 29 heavy (non-hydrogen) atoms. The smallest absolute Gasteiger partial charge is 0.338 e. The fourth-order valence-electron chi connectivity index (χ4n) is 2.47. The molecule has 0 fully saturated rings. The average molecular weight is 429 g/mol. The van der Waals surface area contributed by atoms with Crippen LogP contribution in [0.15, 0.2) is 52.9 Å². The van der Waals surface area contributed by atoms with Crippen molar-refractivity contribution in [3.05, 3.63) is 59.7 Å². The second kappa shape index (κ2) is 9.89. The summed E-state index contributed by atoms with van der Waals surface area (Å²) in [6.45, 7) is 5.70. The third-order valence-corrected chi connectivity index (χ3v) is 6.80. The third-order valence-electron chi connectivity index (χ3n) is 4.55. The standard InChI is InChI=1S/C22H24N2O3S2/c1-14(2)15(3)23-20(25)12-27-21(26)17-10-8-16(9-11-17)13-28-22-24-18-6-4-5-7-19(18)29-22/h4-11,14-15H,12-13H2,1-3H3,(H,23,25)/t15-/m0/s1. The van der Waals surface area contributed by atoms with Crippen LogP contribution in [0.2, 0.25) is 0 Å². The highest BCUT2D eigenvalue weighted by atomic mass is 32.2. The van der Waals surface area contributed by atoms with Crippen molar-refractivity contribution < 1.29 is 14.3 Å². The fraction of sp³-hybridized carbons (Fsp3) is 0.318. The highest BCUT2D eigenvalue weighted by molar-refractivity contribution is 8.00. The van der Waals surface area contributed by atoms with Gasteiger partial charge in [0.05, 0.1) is 15.8 Å². The Balaban J connectivity index is 1.48. The molecule has 7 heteroatoms. The van der Waals surface area contributed by atoms with E-state index in [0.29, 0.717) is 11.5 Å². The Morgan fingerprint density at radius 1 is 1.10 bits per heavy atom. The number of thiazole rings is 1. The van der Waals surface area contributed by atoms with E-state index in [2.05, 4.69) is 16.4 Å². The van der Waals surface area contributed by atoms with Crippen LogP contribution in [0.3, 0.4) is 0 Å². The van der Waals surface area contributed by atoms with Crippen LogP contribution >= 0.6 is 23.1 Å². The van der Waals surface area contributed by atoms with Crippen LogP contribution in [0.1, 0.15) is 36.7 Å². The summed E-state index contributed by atoms with van der Waals surface area (Å²) >= 11 is 3.35. The molecule has 0 aliphatic carbocycles. The van der Waals surface area contributed by atoms with Gasteiger partial charge >= 0.3 is 5.97 Å². The second-order valence-electron chi connectivity index (χ2n) is 7.11. The Labute approximate surface area is 178 Å². The minimum Gasteiger partial charge on any atom is -0.452 e. The molecule has 152 valence electrons. The van der Waals surface area contributed by atoms with Crippen LogP contribution in [-0.4, -0.2) is 29.5 Å². The number of para-hydroxylation sites is 1. The number of benzene rings is 2. The second-order valence-corrected chi connectivity index (χ2v) is 9.36. The fourth-order valence-corrected chi connectivity index (χ4v) is 4.50. The molecule has 1 heterocycles. The lowest BCUT2D eigenvalue weighted by Gasteiger charge is -2.17. The maximum absolute atomic E-state index is 12.1. The van der Waals surface area contributed by atoms with Crippen molar-refractivity contribution in [2.75, 3.05) is 6.61 Å². The Bertz CT molecular complexity index is 950. The monoisotopic (exact) mass is 428 g/mol. The Morgan fingerprint density at radius 2 is 1.83 bits per heavy atom. The van der Waals surface area contributed by atoms with Gasteiger partial charge in [-0.15, -0.1) is 11.3 Å². The lowest BCUT2D eigenvalue weighted by Crippen LogP contribution is -2.38. The van der Waals surface area contributed by atoms with E-state index < -0.39 is 5.97 Å². The van der Waals surface area contributed by atoms with Gasteiger partial charge in [0, 0.05) is 11.8 Å². The van der Waals surface area contributed by atoms with Crippen molar-refractivity contribution in [2.45, 2.75) is 36.9 Å². The van der Waals surface area contributed by atoms with Crippen molar-refractivity contribution in [1.29, 1.82) is 0 Å². The zero-order valence-corrected chi connectivity index (χ0v) is 18.3. The number of hydrogen-bond acceptors (Lipinski definition) is 6. The number of fused-ring (bicyclic) bond motifs is 1. The van der Waals surface area contributed by atoms with Gasteiger partial charge in [0.2, 0.25) is 0 Å². The number of nitrogens with one attached hydrogen (secondary N) is 1. The minimum atomic E-state index is -0.497. The molecule has 2 aromatic carbocycles. The third kappa shape index (κ3) is 6.05. The first-order valence-corrected chi connectivity index (χ1v) is 11.3. The highest BCUT2D eigenvalue weighted by Crippen LogP contribution is 2.31. The molecule has 1 atom stereocenters. The van der Waals surface area contributed by atoms with Gasteiger partial charge in [0.15, 0.2) is 10.9 Å². The molecular formula is C22H24N2O3S2. The molecule has 0 unspecified atom stereocenters. The topological polar surface area (TPSA) is 68.3 Å². The zero-order chi connectivity index (χ0) is 20.8. The van der Waals surface area contributed by atoms with Crippen LogP contribution in [0.25, 0.3) is 10.2 Å². The number of amides is 1. The summed E-state index contributed by atoms with van der Waals surface area (Å²) in [5.41, 5.74) is 2.54. The number of esters is 1. The van der Waals surface area contributed by atoms with E-state index in [0.717, 1.165) is 21.2 Å². The van der Waals surface area contributed by atoms with E-state index in [1.54, 1.807) is 35.2 Å². The summed E-state index contributed by atoms with van der Waals surface area (Å²) in [6.07, 6.45) is 0. The summed E-state index contributed by atoms with van der Waals surface area (Å²) in [5.74, 6) is 0.305. The normalized spacial score (nSPS) is 12.1. The average Bonchev–Trinajstić information content (AvgIpc) is 3.13. The first-order valence-electron chi connectivity index (χ1n) is 9.46. The molecule has 0 bridgehead atoms. The van der Waals surface area contributed by atoms with Crippen molar-refractivity contribution in [2.24, 2.45) is 5.92 Å². The number of ether oxygens (including phenoxy) is 1. The summed E-state index contributed by atoms with van der Waals surface area (Å²) in [6, 6.07) is 15.4. The summed E-state index contributed by atoms with van der Waals surface area (Å²) in [4.78, 5) is 28.6. The first kappa shape index (κ1) is 21.3. The van der Waals surface area contributed by atoms with Crippen LogP contribution in [0, 0.1) is 5.92 Å². The predicted molar refractivity (Wildman–Crippen MR) is 118 cm³/mol. The van der Waals surface area contributed by atoms with Gasteiger partial charge < -0.3 is 10.1 Å². The molecule has 1 aromatic heterocycles. The van der Waals surface area contributed by atoms with Gasteiger partial charge in [-0.2, -0.15) is 0 Å². The lowest BCUT2D eigenvalue weighted by atomic mass is 10.1. The molecule has 1 amide bonds. The Kier molecular flexibility index (Phi) is 7.28. The lowest BCUT2D eigenvalue weighted by molar-refractivity contribution is -0.125. The SMILES string of the molecule is CC(C)[C@H](C)NC(=O)COC(=O)c1ccc(CSc2nc3ccccc3s2)cc1. The van der Waals surface area contributed by atoms with E-state index in [9.17, 15) is 9.59 Å². The van der Waals surface area contributed by atoms with Gasteiger partial charge in [0.25, 0.3) is 5.91 Å². The largest absolute Gasteiger partial charge is 0.452 e. The number of hydrogen-bond donors (Lipinski definition) is 1. The highest BCUT2D eigenvalue weighted by Gasteiger charge is 2.14. The van der Waals surface area contributed by atoms with Crippen LogP contribution in [0.4, 0.5) is 0 Å². The molecule has 0 saturated carbocycles. The van der Waals surface area contributed by atoms with Crippen LogP contribution in [-0.2, 0) is 15.3 Å². The van der Waals surface area contributed by atoms with E-state index >= 15 is 0 Å². The molecule has 3 aromatic rings. The van der Waals surface area contributed by atoms with Gasteiger partial charge in [-0.1, -0.05) is 49.9 Å². The molecule has 1 N–H and O–H groups in total. The van der Waals surface area contributed by atoms with Gasteiger partial charge in [-0.3, -0.25) is 4.79 Å². The molecule has 0 aliphatic rings. The van der Waals surface area contributed by atoms with Crippen LogP contribution < -0.4 is 5.32 Å². The van der Waals surface area contributed by atoms with E-state index in [1.807, 2.05) is 51.1 Å². The number of carbonyl (C=O) groups excluding carboxylic acids is 2. The quantitative estimate of drug-likeness (QED) is 0.408. The maximum Gasteiger partial charge on any atom is 0.338 e. The van der Waals surface area contributed by atoms with Crippen molar-refractivity contribution in [3.63, 3.8) is 0 Å². The van der Waals surface area contributed by atoms with Gasteiger partial charge in [0.1, 0.15) is 0 Å². The molecule has 0 saturated heterocycles. The molecular weight excluding hydrogens is 404 g/mol. The first-order chi connectivity index (χ1) is 13.9. The number of aromatic nitrogens is 1. The molecule has 5 nitrogen and oxygen atoms in total. The summed E-state index contributed by atoms with van der Waals surface area (Å²) in [5, 5.41) is 2.81. The Morgan fingerprint density at radius 3 is 2.52 bits per heavy atom. The van der Waals surface area contributed by atoms with Crippen molar-refractivity contribution in [3.8, 4) is 0 Å². The number of rotatable bonds is 8. The maximum atomic E-state index is 12.1. The molecule has 0 radical (unpaired) electrons. The van der Waals surface area contributed by atoms with E-state index in [4.69, 9.17) is 4.74 Å². The van der Waals surface area contributed by atoms with Crippen molar-refractivity contribution in [1.82, 2.24) is 10.3 Å². The number of nitrogens with zero attached hydrogens (tertiary/aromatic N) is 1. The van der Waals surface area contributed by atoms with Gasteiger partial charge in [-0.25, -0.2) is 9.78 Å². The molecule has 0 aliphatic heterocycles. The summed E-state index contributed by atoms with van der Waals surface area (Å²) in [7, 11) is 0. The Hall–Kier alpha value is -2.38. The molecule has 0 spiro atoms. The molecule has 3 rings (SSSR count). The van der Waals surface area contributed by atoms with E-state index in [1.165, 1.54) is 4.70 Å². The minimum absolute atomic E-state index is 0.0356. The van der Waals surface area contributed by atoms with Crippen LogP contribution in [0.5, 0.6) is 0 Å². The van der Waals surface area contributed by atoms with Crippen molar-refractivity contribution >= 4 is 45.2 Å². The van der Waals surface area contributed by atoms with E-state index in [-0.39, 0.29) is 18.6 Å².